The second-order valence-electron chi connectivity index (χ2n) is 2.66. The topological polar surface area (TPSA) is 75.5 Å². The predicted molar refractivity (Wildman–Crippen MR) is 38.6 cm³/mol. The zero-order chi connectivity index (χ0) is 8.72. The van der Waals surface area contributed by atoms with Crippen molar-refractivity contribution < 1.29 is 14.9 Å². The van der Waals surface area contributed by atoms with Gasteiger partial charge in [0, 0.05) is 0 Å². The standard InChI is InChI=1S/C7H8N2O3/c1-3-5-4(2-12-3)6(10)9-7(11)8-5/h3H,2H2,1H3,(H2,8,9,10,11). The Kier molecular flexibility index (Phi) is 1.41. The van der Waals surface area contributed by atoms with Gasteiger partial charge in [0.25, 0.3) is 0 Å². The van der Waals surface area contributed by atoms with E-state index in [2.05, 4.69) is 9.97 Å². The number of aromatic hydroxyl groups is 2. The van der Waals surface area contributed by atoms with Crippen molar-refractivity contribution in [1.29, 1.82) is 0 Å². The summed E-state index contributed by atoms with van der Waals surface area (Å²) in [5.41, 5.74) is 1.14. The second kappa shape index (κ2) is 2.31. The number of nitrogens with zero attached hydrogens (tertiary/aromatic N) is 2. The summed E-state index contributed by atoms with van der Waals surface area (Å²) in [5, 5.41) is 18.2. The minimum atomic E-state index is -0.413. The molecule has 1 aromatic rings. The van der Waals surface area contributed by atoms with Crippen LogP contribution in [-0.2, 0) is 11.3 Å². The molecular formula is C7H8N2O3. The van der Waals surface area contributed by atoms with E-state index in [1.165, 1.54) is 0 Å². The van der Waals surface area contributed by atoms with E-state index in [0.29, 0.717) is 17.9 Å². The molecule has 0 fully saturated rings. The highest BCUT2D eigenvalue weighted by molar-refractivity contribution is 5.33. The molecule has 0 spiro atoms. The van der Waals surface area contributed by atoms with Crippen molar-refractivity contribution in [3.63, 3.8) is 0 Å². The molecule has 0 amide bonds. The molecule has 1 atom stereocenters. The molecule has 1 aromatic heterocycles. The van der Waals surface area contributed by atoms with Crippen molar-refractivity contribution in [2.24, 2.45) is 0 Å². The van der Waals surface area contributed by atoms with Crippen LogP contribution in [0.25, 0.3) is 0 Å². The summed E-state index contributed by atoms with van der Waals surface area (Å²) in [6.07, 6.45) is -0.181. The third-order valence-corrected chi connectivity index (χ3v) is 1.87. The molecular weight excluding hydrogens is 160 g/mol. The van der Waals surface area contributed by atoms with Gasteiger partial charge in [0.15, 0.2) is 0 Å². The zero-order valence-corrected chi connectivity index (χ0v) is 6.48. The Balaban J connectivity index is 2.60. The van der Waals surface area contributed by atoms with Gasteiger partial charge in [-0.15, -0.1) is 0 Å². The average molecular weight is 168 g/mol. The van der Waals surface area contributed by atoms with Gasteiger partial charge < -0.3 is 14.9 Å². The Labute approximate surface area is 68.7 Å². The van der Waals surface area contributed by atoms with Crippen LogP contribution in [0.2, 0.25) is 0 Å². The summed E-state index contributed by atoms with van der Waals surface area (Å²) in [6.45, 7) is 2.11. The lowest BCUT2D eigenvalue weighted by Gasteiger charge is -2.01. The first-order chi connectivity index (χ1) is 5.68. The first kappa shape index (κ1) is 7.30. The van der Waals surface area contributed by atoms with Crippen molar-refractivity contribution in [3.05, 3.63) is 11.3 Å². The monoisotopic (exact) mass is 168 g/mol. The SMILES string of the molecule is CC1OCc2c(O)nc(O)nc21. The van der Waals surface area contributed by atoms with E-state index in [0.717, 1.165) is 0 Å². The number of hydrogen-bond donors (Lipinski definition) is 2. The molecule has 0 bridgehead atoms. The normalized spacial score (nSPS) is 20.9. The fourth-order valence-corrected chi connectivity index (χ4v) is 1.24. The summed E-state index contributed by atoms with van der Waals surface area (Å²) in [5.74, 6) is -0.193. The Hall–Kier alpha value is -1.36. The van der Waals surface area contributed by atoms with Crippen LogP contribution in [0.15, 0.2) is 0 Å². The van der Waals surface area contributed by atoms with Gasteiger partial charge in [-0.3, -0.25) is 0 Å². The summed E-state index contributed by atoms with van der Waals surface area (Å²) >= 11 is 0. The Bertz CT molecular complexity index is 327. The third-order valence-electron chi connectivity index (χ3n) is 1.87. The zero-order valence-electron chi connectivity index (χ0n) is 6.48. The van der Waals surface area contributed by atoms with Crippen LogP contribution in [0, 0.1) is 0 Å². The maximum atomic E-state index is 9.24. The largest absolute Gasteiger partial charge is 0.493 e. The molecule has 0 aromatic carbocycles. The molecule has 2 heterocycles. The van der Waals surface area contributed by atoms with Crippen LogP contribution in [0.4, 0.5) is 0 Å². The van der Waals surface area contributed by atoms with Crippen molar-refractivity contribution in [2.75, 3.05) is 0 Å². The molecule has 64 valence electrons. The van der Waals surface area contributed by atoms with E-state index < -0.39 is 6.01 Å². The number of ether oxygens (including phenoxy) is 1. The molecule has 5 nitrogen and oxygen atoms in total. The van der Waals surface area contributed by atoms with Crippen LogP contribution in [0.3, 0.4) is 0 Å². The van der Waals surface area contributed by atoms with Crippen LogP contribution >= 0.6 is 0 Å². The molecule has 5 heteroatoms. The molecule has 2 N–H and O–H groups in total. The van der Waals surface area contributed by atoms with E-state index in [9.17, 15) is 5.11 Å². The second-order valence-corrected chi connectivity index (χ2v) is 2.66. The Morgan fingerprint density at radius 3 is 2.92 bits per heavy atom. The van der Waals surface area contributed by atoms with E-state index in [-0.39, 0.29) is 12.0 Å². The minimum absolute atomic E-state index is 0.181. The number of aromatic nitrogens is 2. The molecule has 2 rings (SSSR count). The van der Waals surface area contributed by atoms with E-state index >= 15 is 0 Å². The van der Waals surface area contributed by atoms with Gasteiger partial charge in [-0.25, -0.2) is 0 Å². The van der Waals surface area contributed by atoms with Crippen molar-refractivity contribution in [1.82, 2.24) is 9.97 Å². The van der Waals surface area contributed by atoms with Crippen LogP contribution in [0.1, 0.15) is 24.3 Å². The molecule has 1 aliphatic rings. The maximum Gasteiger partial charge on any atom is 0.317 e. The summed E-state index contributed by atoms with van der Waals surface area (Å²) in [4.78, 5) is 7.15. The third kappa shape index (κ3) is 0.902. The highest BCUT2D eigenvalue weighted by atomic mass is 16.5. The lowest BCUT2D eigenvalue weighted by atomic mass is 10.2. The highest BCUT2D eigenvalue weighted by Gasteiger charge is 2.25. The predicted octanol–water partition coefficient (Wildman–Crippen LogP) is 0.479. The summed E-state index contributed by atoms with van der Waals surface area (Å²) in [6, 6.07) is -0.413. The highest BCUT2D eigenvalue weighted by Crippen LogP contribution is 2.33. The van der Waals surface area contributed by atoms with Crippen LogP contribution < -0.4 is 0 Å². The lowest BCUT2D eigenvalue weighted by molar-refractivity contribution is 0.0772. The van der Waals surface area contributed by atoms with Gasteiger partial charge in [-0.05, 0) is 6.92 Å². The number of fused-ring (bicyclic) bond motifs is 1. The molecule has 1 aliphatic heterocycles. The first-order valence-electron chi connectivity index (χ1n) is 3.59. The fraction of sp³-hybridized carbons (Fsp3) is 0.429. The van der Waals surface area contributed by atoms with Gasteiger partial charge in [0.05, 0.1) is 24.0 Å². The van der Waals surface area contributed by atoms with E-state index in [1.54, 1.807) is 6.92 Å². The molecule has 0 saturated carbocycles. The molecule has 1 unspecified atom stereocenters. The van der Waals surface area contributed by atoms with Gasteiger partial charge in [-0.2, -0.15) is 9.97 Å². The van der Waals surface area contributed by atoms with Crippen LogP contribution in [-0.4, -0.2) is 20.2 Å². The molecule has 0 saturated heterocycles. The number of rotatable bonds is 0. The molecule has 0 aliphatic carbocycles. The summed E-state index contributed by atoms with van der Waals surface area (Å²) in [7, 11) is 0. The Morgan fingerprint density at radius 2 is 2.17 bits per heavy atom. The smallest absolute Gasteiger partial charge is 0.317 e. The van der Waals surface area contributed by atoms with Gasteiger partial charge in [-0.1, -0.05) is 0 Å². The minimum Gasteiger partial charge on any atom is -0.493 e. The fourth-order valence-electron chi connectivity index (χ4n) is 1.24. The quantitative estimate of drug-likeness (QED) is 0.589. The Morgan fingerprint density at radius 1 is 1.42 bits per heavy atom. The maximum absolute atomic E-state index is 9.24. The van der Waals surface area contributed by atoms with Gasteiger partial charge in [0.1, 0.15) is 0 Å². The summed E-state index contributed by atoms with van der Waals surface area (Å²) < 4.78 is 5.19. The number of hydrogen-bond acceptors (Lipinski definition) is 5. The average Bonchev–Trinajstić information content (AvgIpc) is 2.33. The van der Waals surface area contributed by atoms with Crippen molar-refractivity contribution in [3.8, 4) is 11.9 Å². The lowest BCUT2D eigenvalue weighted by Crippen LogP contribution is -1.94. The van der Waals surface area contributed by atoms with Crippen molar-refractivity contribution >= 4 is 0 Å². The molecule has 0 radical (unpaired) electrons. The first-order valence-corrected chi connectivity index (χ1v) is 3.59. The van der Waals surface area contributed by atoms with Crippen molar-refractivity contribution in [2.45, 2.75) is 19.6 Å². The van der Waals surface area contributed by atoms with Crippen LogP contribution in [0.5, 0.6) is 11.9 Å². The van der Waals surface area contributed by atoms with E-state index in [4.69, 9.17) is 9.84 Å². The van der Waals surface area contributed by atoms with Gasteiger partial charge >= 0.3 is 6.01 Å². The molecule has 12 heavy (non-hydrogen) atoms. The van der Waals surface area contributed by atoms with E-state index in [1.807, 2.05) is 0 Å². The van der Waals surface area contributed by atoms with Gasteiger partial charge in [0.2, 0.25) is 5.88 Å².